The van der Waals surface area contributed by atoms with Crippen LogP contribution < -0.4 is 9.47 Å². The predicted octanol–water partition coefficient (Wildman–Crippen LogP) is -6.06. The Kier molecular flexibility index (Phi) is 7.12. The van der Waals surface area contributed by atoms with Gasteiger partial charge in [-0.25, -0.2) is 0 Å². The van der Waals surface area contributed by atoms with Crippen LogP contribution in [0.5, 0.6) is 23.0 Å². The zero-order valence-corrected chi connectivity index (χ0v) is 22.1. The Morgan fingerprint density at radius 3 is 1.65 bits per heavy atom. The minimum absolute atomic E-state index is 0.717. The number of nitrogens with zero attached hydrogens (tertiary/aromatic N) is 1. The van der Waals surface area contributed by atoms with Crippen molar-refractivity contribution in [2.24, 2.45) is 5.92 Å². The first-order valence-electron chi connectivity index (χ1n) is 12.0. The van der Waals surface area contributed by atoms with Crippen LogP contribution in [0, 0.1) is 5.92 Å². The first kappa shape index (κ1) is 32.7. The van der Waals surface area contributed by atoms with Crippen molar-refractivity contribution in [3.05, 3.63) is 47.0 Å². The molecule has 0 aromatic heterocycles. The van der Waals surface area contributed by atoms with Crippen LogP contribution in [0.1, 0.15) is 27.9 Å². The van der Waals surface area contributed by atoms with E-state index in [0.29, 0.717) is 0 Å². The molecule has 0 spiro atoms. The number of rotatable bonds is 6. The third-order valence-electron chi connectivity index (χ3n) is 7.87. The number of fused-ring (bicyclic) bond motifs is 1. The zero-order chi connectivity index (χ0) is 32.9. The highest BCUT2D eigenvalue weighted by Crippen LogP contribution is 2.61. The maximum atomic E-state index is 13.4. The summed E-state index contributed by atoms with van der Waals surface area (Å²) in [5, 5.41) is 162. The molecular weight excluding hydrogens is 590 g/mol. The molecule has 238 valence electrons. The molecule has 1 atom stereocenters. The smallest absolute Gasteiger partial charge is 0.294 e. The largest absolute Gasteiger partial charge is 0.504 e. The maximum absolute atomic E-state index is 13.4. The van der Waals surface area contributed by atoms with Crippen LogP contribution in [0.25, 0.3) is 0 Å². The molecule has 1 saturated heterocycles. The van der Waals surface area contributed by atoms with E-state index in [1.54, 1.807) is 0 Å². The number of hydrogen-bond acceptors (Lipinski definition) is 19. The number of phenols is 2. The average Bonchev–Trinajstić information content (AvgIpc) is 3.10. The van der Waals surface area contributed by atoms with Crippen LogP contribution in [0.4, 0.5) is 0 Å². The number of Topliss-reactive ketones (excluding diaryl/α,β-unsaturated/α-hetero) is 1. The third kappa shape index (κ3) is 3.77. The van der Waals surface area contributed by atoms with E-state index < -0.39 is 103 Å². The summed E-state index contributed by atoms with van der Waals surface area (Å²) in [6.07, 6.45) is -2.17. The number of aromatic hydroxyl groups is 2. The van der Waals surface area contributed by atoms with Crippen molar-refractivity contribution in [1.29, 1.82) is 0 Å². The monoisotopic (exact) mass is 619 g/mol. The Bertz CT molecular complexity index is 1420. The van der Waals surface area contributed by atoms with Crippen molar-refractivity contribution in [3.63, 3.8) is 0 Å². The Morgan fingerprint density at radius 2 is 1.21 bits per heavy atom. The Morgan fingerprint density at radius 1 is 0.767 bits per heavy atom. The molecule has 1 fully saturated rings. The number of ether oxygens (including phenoxy) is 2. The van der Waals surface area contributed by atoms with Crippen LogP contribution in [0.3, 0.4) is 0 Å². The van der Waals surface area contributed by atoms with E-state index in [4.69, 9.17) is 9.47 Å². The standard InChI is InChI=1S/C24H29NO18/c1-42-16-14(27)11-12(15(28)17(16)43-2)19(30,31)10(13(11)26)8-18(29)21(34,35)23(38,39)25(24(40,41)22(18,36)37)20(32,33)9-6-4-3-5-7-9/h3-7,10,27-41H,8H2,1-2H3. The van der Waals surface area contributed by atoms with Crippen molar-refractivity contribution in [2.75, 3.05) is 14.2 Å². The molecule has 19 heteroatoms. The van der Waals surface area contributed by atoms with Gasteiger partial charge in [0.15, 0.2) is 22.9 Å². The van der Waals surface area contributed by atoms with Crippen molar-refractivity contribution in [3.8, 4) is 23.0 Å². The van der Waals surface area contributed by atoms with Crippen molar-refractivity contribution in [2.45, 2.75) is 47.1 Å². The normalized spacial score (nSPS) is 24.8. The third-order valence-corrected chi connectivity index (χ3v) is 7.87. The Labute approximate surface area is 239 Å². The van der Waals surface area contributed by atoms with Crippen LogP contribution >= 0.6 is 0 Å². The van der Waals surface area contributed by atoms with E-state index in [-0.39, 0.29) is 0 Å². The minimum Gasteiger partial charge on any atom is -0.504 e. The SMILES string of the molecule is COc1c(O)c2c(c(O)c1OC)C(O)(O)C(CC1(O)C(O)(O)C(O)(O)N(C(O)(O)c3ccccc3)C(O)(O)C1(O)O)C2=O. The summed E-state index contributed by atoms with van der Waals surface area (Å²) in [7, 11) is 1.88. The second kappa shape index (κ2) is 9.37. The van der Waals surface area contributed by atoms with Gasteiger partial charge in [-0.3, -0.25) is 4.79 Å². The van der Waals surface area contributed by atoms with E-state index >= 15 is 0 Å². The molecule has 4 rings (SSSR count). The summed E-state index contributed by atoms with van der Waals surface area (Å²) < 4.78 is 9.70. The van der Waals surface area contributed by atoms with Gasteiger partial charge >= 0.3 is 0 Å². The Hall–Kier alpha value is -3.25. The molecule has 15 N–H and O–H groups in total. The molecule has 2 aromatic rings. The molecule has 1 heterocycles. The van der Waals surface area contributed by atoms with Crippen LogP contribution in [0.2, 0.25) is 0 Å². The first-order valence-corrected chi connectivity index (χ1v) is 12.0. The number of ketones is 1. The molecule has 1 aliphatic heterocycles. The number of aliphatic hydroxyl groups is 13. The molecule has 1 unspecified atom stereocenters. The molecule has 1 aliphatic carbocycles. The van der Waals surface area contributed by atoms with Gasteiger partial charge in [0.05, 0.1) is 31.3 Å². The molecule has 0 saturated carbocycles. The number of hydrogen-bond donors (Lipinski definition) is 15. The fraction of sp³-hybridized carbons (Fsp3) is 0.458. The van der Waals surface area contributed by atoms with Gasteiger partial charge in [0, 0.05) is 12.0 Å². The van der Waals surface area contributed by atoms with Crippen molar-refractivity contribution >= 4 is 5.78 Å². The summed E-state index contributed by atoms with van der Waals surface area (Å²) in [6.45, 7) is 0. The van der Waals surface area contributed by atoms with Gasteiger partial charge in [-0.15, -0.1) is 4.90 Å². The maximum Gasteiger partial charge on any atom is 0.294 e. The lowest BCUT2D eigenvalue weighted by Gasteiger charge is -2.65. The van der Waals surface area contributed by atoms with Gasteiger partial charge in [0.2, 0.25) is 17.3 Å². The molecule has 0 bridgehead atoms. The fourth-order valence-electron chi connectivity index (χ4n) is 5.55. The minimum atomic E-state index is -4.99. The molecule has 2 aromatic carbocycles. The molecule has 43 heavy (non-hydrogen) atoms. The lowest BCUT2D eigenvalue weighted by molar-refractivity contribution is -0.629. The lowest BCUT2D eigenvalue weighted by atomic mass is 9.68. The quantitative estimate of drug-likeness (QED) is 0.106. The highest BCUT2D eigenvalue weighted by Gasteiger charge is 2.87. The predicted molar refractivity (Wildman–Crippen MR) is 129 cm³/mol. The molecular formula is C24H29NO18. The number of methoxy groups -OCH3 is 2. The average molecular weight is 619 g/mol. The van der Waals surface area contributed by atoms with Crippen LogP contribution in [-0.2, 0) is 11.7 Å². The summed E-state index contributed by atoms with van der Waals surface area (Å²) in [4.78, 5) is 12.1. The number of carbonyl (C=O) groups excluding carboxylic acids is 1. The van der Waals surface area contributed by atoms with Crippen LogP contribution in [-0.4, -0.2) is 130 Å². The van der Waals surface area contributed by atoms with Crippen molar-refractivity contribution in [1.82, 2.24) is 4.90 Å². The lowest BCUT2D eigenvalue weighted by Crippen LogP contribution is -2.95. The van der Waals surface area contributed by atoms with Gasteiger partial charge in [-0.1, -0.05) is 30.3 Å². The second-order valence-corrected chi connectivity index (χ2v) is 10.2. The van der Waals surface area contributed by atoms with E-state index in [2.05, 4.69) is 0 Å². The summed E-state index contributed by atoms with van der Waals surface area (Å²) in [5.41, 5.74) is -7.91. The van der Waals surface area contributed by atoms with Gasteiger partial charge in [-0.05, 0) is 0 Å². The number of phenolic OH excluding ortho intramolecular Hbond substituents is 2. The van der Waals surface area contributed by atoms with Crippen LogP contribution in [0.15, 0.2) is 30.3 Å². The van der Waals surface area contributed by atoms with E-state index in [9.17, 15) is 81.4 Å². The van der Waals surface area contributed by atoms with Gasteiger partial charge < -0.3 is 86.1 Å². The summed E-state index contributed by atoms with van der Waals surface area (Å²) >= 11 is 0. The highest BCUT2D eigenvalue weighted by atomic mass is 16.7. The number of benzene rings is 2. The highest BCUT2D eigenvalue weighted by molar-refractivity contribution is 6.08. The fourth-order valence-corrected chi connectivity index (χ4v) is 5.55. The molecule has 0 amide bonds. The topological polar surface area (TPSA) is 342 Å². The van der Waals surface area contributed by atoms with Gasteiger partial charge in [0.1, 0.15) is 0 Å². The van der Waals surface area contributed by atoms with Crippen molar-refractivity contribution < 1.29 is 90.9 Å². The van der Waals surface area contributed by atoms with Gasteiger partial charge in [-0.2, -0.15) is 0 Å². The number of carbonyl (C=O) groups is 1. The molecule has 0 radical (unpaired) electrons. The zero-order valence-electron chi connectivity index (χ0n) is 22.1. The molecule has 2 aliphatic rings. The summed E-state index contributed by atoms with van der Waals surface area (Å²) in [5.74, 6) is -36.2. The summed E-state index contributed by atoms with van der Waals surface area (Å²) in [6, 6.07) is 5.17. The van der Waals surface area contributed by atoms with E-state index in [1.807, 2.05) is 0 Å². The van der Waals surface area contributed by atoms with E-state index in [1.165, 1.54) is 6.07 Å². The number of piperidine rings is 1. The number of likely N-dealkylation sites (tertiary alicyclic amines) is 1. The second-order valence-electron chi connectivity index (χ2n) is 10.2. The first-order chi connectivity index (χ1) is 19.4. The molecule has 19 nitrogen and oxygen atoms in total. The van der Waals surface area contributed by atoms with E-state index in [0.717, 1.165) is 38.5 Å². The van der Waals surface area contributed by atoms with Gasteiger partial charge in [0.25, 0.3) is 29.3 Å². The Balaban J connectivity index is 1.93.